The van der Waals surface area contributed by atoms with Gasteiger partial charge in [-0.1, -0.05) is 0 Å². The standard InChI is InChI=1S/C11H16N2O3/c1-4-16-10(15)11(2,3)9(14)8-13-7-5-6-12-13/h5-7H,4,8H2,1-3H3. The molecule has 0 saturated heterocycles. The van der Waals surface area contributed by atoms with Gasteiger partial charge in [-0.05, 0) is 26.8 Å². The number of Topliss-reactive ketones (excluding diaryl/α,β-unsaturated/α-hetero) is 1. The molecule has 0 amide bonds. The Balaban J connectivity index is 2.68. The van der Waals surface area contributed by atoms with Crippen LogP contribution in [0.2, 0.25) is 0 Å². The Morgan fingerprint density at radius 3 is 2.62 bits per heavy atom. The summed E-state index contributed by atoms with van der Waals surface area (Å²) in [5.74, 6) is -0.707. The van der Waals surface area contributed by atoms with E-state index in [1.54, 1.807) is 39.2 Å². The SMILES string of the molecule is CCOC(=O)C(C)(C)C(=O)Cn1cccn1. The minimum Gasteiger partial charge on any atom is -0.465 e. The molecular weight excluding hydrogens is 208 g/mol. The van der Waals surface area contributed by atoms with Gasteiger partial charge in [-0.3, -0.25) is 14.3 Å². The van der Waals surface area contributed by atoms with Crippen LogP contribution in [0.25, 0.3) is 0 Å². The van der Waals surface area contributed by atoms with Crippen molar-refractivity contribution in [3.8, 4) is 0 Å². The molecule has 0 spiro atoms. The summed E-state index contributed by atoms with van der Waals surface area (Å²) in [6.07, 6.45) is 3.27. The second-order valence-corrected chi connectivity index (χ2v) is 3.97. The number of rotatable bonds is 5. The first kappa shape index (κ1) is 12.4. The normalized spacial score (nSPS) is 11.2. The summed E-state index contributed by atoms with van der Waals surface area (Å²) >= 11 is 0. The van der Waals surface area contributed by atoms with Gasteiger partial charge in [-0.25, -0.2) is 0 Å². The molecule has 0 atom stereocenters. The lowest BCUT2D eigenvalue weighted by molar-refractivity contribution is -0.158. The third kappa shape index (κ3) is 2.68. The zero-order valence-corrected chi connectivity index (χ0v) is 9.77. The first-order valence-electron chi connectivity index (χ1n) is 5.16. The van der Waals surface area contributed by atoms with E-state index in [2.05, 4.69) is 5.10 Å². The van der Waals surface area contributed by atoms with Crippen molar-refractivity contribution >= 4 is 11.8 Å². The predicted molar refractivity (Wildman–Crippen MR) is 57.6 cm³/mol. The van der Waals surface area contributed by atoms with Gasteiger partial charge < -0.3 is 4.74 Å². The van der Waals surface area contributed by atoms with Crippen LogP contribution in [0.3, 0.4) is 0 Å². The van der Waals surface area contributed by atoms with Crippen molar-refractivity contribution in [1.29, 1.82) is 0 Å². The van der Waals surface area contributed by atoms with Crippen molar-refractivity contribution in [2.75, 3.05) is 6.61 Å². The first-order valence-corrected chi connectivity index (χ1v) is 5.16. The van der Waals surface area contributed by atoms with Gasteiger partial charge in [0.15, 0.2) is 5.78 Å². The summed E-state index contributed by atoms with van der Waals surface area (Å²) in [4.78, 5) is 23.4. The van der Waals surface area contributed by atoms with E-state index in [0.717, 1.165) is 0 Å². The zero-order chi connectivity index (χ0) is 12.2. The van der Waals surface area contributed by atoms with Crippen LogP contribution >= 0.6 is 0 Å². The molecule has 1 aromatic rings. The molecule has 0 unspecified atom stereocenters. The lowest BCUT2D eigenvalue weighted by Crippen LogP contribution is -2.37. The highest BCUT2D eigenvalue weighted by Gasteiger charge is 2.37. The lowest BCUT2D eigenvalue weighted by atomic mass is 9.88. The van der Waals surface area contributed by atoms with Gasteiger partial charge in [0.25, 0.3) is 0 Å². The Labute approximate surface area is 94.4 Å². The lowest BCUT2D eigenvalue weighted by Gasteiger charge is -2.20. The van der Waals surface area contributed by atoms with E-state index in [4.69, 9.17) is 4.74 Å². The molecule has 0 N–H and O–H groups in total. The van der Waals surface area contributed by atoms with Crippen LogP contribution in [0.5, 0.6) is 0 Å². The quantitative estimate of drug-likeness (QED) is 0.554. The largest absolute Gasteiger partial charge is 0.465 e. The molecule has 5 heteroatoms. The smallest absolute Gasteiger partial charge is 0.319 e. The average molecular weight is 224 g/mol. The number of ether oxygens (including phenoxy) is 1. The van der Waals surface area contributed by atoms with Crippen LogP contribution in [0.4, 0.5) is 0 Å². The Morgan fingerprint density at radius 2 is 2.12 bits per heavy atom. The van der Waals surface area contributed by atoms with Crippen LogP contribution in [-0.4, -0.2) is 28.1 Å². The van der Waals surface area contributed by atoms with Gasteiger partial charge in [-0.2, -0.15) is 5.10 Å². The van der Waals surface area contributed by atoms with Crippen molar-refractivity contribution < 1.29 is 14.3 Å². The van der Waals surface area contributed by atoms with Crippen LogP contribution in [0, 0.1) is 5.41 Å². The molecule has 1 heterocycles. The van der Waals surface area contributed by atoms with Gasteiger partial charge >= 0.3 is 5.97 Å². The van der Waals surface area contributed by atoms with Gasteiger partial charge in [0.05, 0.1) is 6.61 Å². The molecule has 88 valence electrons. The summed E-state index contributed by atoms with van der Waals surface area (Å²) in [5.41, 5.74) is -1.12. The fourth-order valence-electron chi connectivity index (χ4n) is 1.16. The molecule has 1 aromatic heterocycles. The second kappa shape index (κ2) is 4.92. The number of carbonyl (C=O) groups excluding carboxylic acids is 2. The van der Waals surface area contributed by atoms with Crippen molar-refractivity contribution in [3.63, 3.8) is 0 Å². The number of hydrogen-bond donors (Lipinski definition) is 0. The maximum Gasteiger partial charge on any atom is 0.319 e. The van der Waals surface area contributed by atoms with Crippen molar-refractivity contribution in [3.05, 3.63) is 18.5 Å². The highest BCUT2D eigenvalue weighted by molar-refractivity contribution is 6.02. The Kier molecular flexibility index (Phi) is 3.82. The first-order chi connectivity index (χ1) is 7.48. The average Bonchev–Trinajstić information content (AvgIpc) is 2.70. The predicted octanol–water partition coefficient (Wildman–Crippen LogP) is 1.04. The van der Waals surface area contributed by atoms with Gasteiger partial charge in [0.2, 0.25) is 0 Å². The number of aromatic nitrogens is 2. The van der Waals surface area contributed by atoms with E-state index < -0.39 is 11.4 Å². The summed E-state index contributed by atoms with van der Waals surface area (Å²) in [6.45, 7) is 5.20. The molecule has 5 nitrogen and oxygen atoms in total. The molecule has 0 bridgehead atoms. The van der Waals surface area contributed by atoms with Crippen molar-refractivity contribution in [2.45, 2.75) is 27.3 Å². The maximum absolute atomic E-state index is 11.9. The second-order valence-electron chi connectivity index (χ2n) is 3.97. The molecule has 0 fully saturated rings. The van der Waals surface area contributed by atoms with Gasteiger partial charge in [-0.15, -0.1) is 0 Å². The molecule has 0 aliphatic carbocycles. The topological polar surface area (TPSA) is 61.2 Å². The van der Waals surface area contributed by atoms with Crippen molar-refractivity contribution in [2.24, 2.45) is 5.41 Å². The molecule has 0 aliphatic heterocycles. The molecule has 0 saturated carbocycles. The van der Waals surface area contributed by atoms with Crippen LogP contribution in [0.1, 0.15) is 20.8 Å². The van der Waals surface area contributed by atoms with E-state index in [0.29, 0.717) is 0 Å². The number of hydrogen-bond acceptors (Lipinski definition) is 4. The fourth-order valence-corrected chi connectivity index (χ4v) is 1.16. The van der Waals surface area contributed by atoms with Crippen LogP contribution in [-0.2, 0) is 20.9 Å². The Bertz CT molecular complexity index is 369. The monoisotopic (exact) mass is 224 g/mol. The van der Waals surface area contributed by atoms with E-state index in [-0.39, 0.29) is 18.9 Å². The van der Waals surface area contributed by atoms with Crippen molar-refractivity contribution in [1.82, 2.24) is 9.78 Å². The highest BCUT2D eigenvalue weighted by atomic mass is 16.5. The number of nitrogens with zero attached hydrogens (tertiary/aromatic N) is 2. The molecule has 0 radical (unpaired) electrons. The molecular formula is C11H16N2O3. The Morgan fingerprint density at radius 1 is 1.44 bits per heavy atom. The van der Waals surface area contributed by atoms with Crippen LogP contribution < -0.4 is 0 Å². The fraction of sp³-hybridized carbons (Fsp3) is 0.545. The summed E-state index contributed by atoms with van der Waals surface area (Å²) in [5, 5.41) is 3.92. The summed E-state index contributed by atoms with van der Waals surface area (Å²) < 4.78 is 6.35. The van der Waals surface area contributed by atoms with Crippen LogP contribution in [0.15, 0.2) is 18.5 Å². The molecule has 16 heavy (non-hydrogen) atoms. The van der Waals surface area contributed by atoms with E-state index in [1.165, 1.54) is 4.68 Å². The Hall–Kier alpha value is -1.65. The summed E-state index contributed by atoms with van der Waals surface area (Å²) in [7, 11) is 0. The van der Waals surface area contributed by atoms with Gasteiger partial charge in [0, 0.05) is 12.4 Å². The third-order valence-electron chi connectivity index (χ3n) is 2.35. The molecule has 1 rings (SSSR count). The van der Waals surface area contributed by atoms with E-state index in [9.17, 15) is 9.59 Å². The number of ketones is 1. The zero-order valence-electron chi connectivity index (χ0n) is 9.77. The summed E-state index contributed by atoms with van der Waals surface area (Å²) in [6, 6.07) is 1.73. The third-order valence-corrected chi connectivity index (χ3v) is 2.35. The highest BCUT2D eigenvalue weighted by Crippen LogP contribution is 2.19. The minimum absolute atomic E-state index is 0.0822. The molecule has 0 aliphatic rings. The van der Waals surface area contributed by atoms with E-state index in [1.807, 2.05) is 0 Å². The molecule has 0 aromatic carbocycles. The van der Waals surface area contributed by atoms with Gasteiger partial charge in [0.1, 0.15) is 12.0 Å². The number of esters is 1. The van der Waals surface area contributed by atoms with E-state index >= 15 is 0 Å². The maximum atomic E-state index is 11.9. The number of carbonyl (C=O) groups is 2. The minimum atomic E-state index is -1.12.